The first-order chi connectivity index (χ1) is 23.9. The van der Waals surface area contributed by atoms with Crippen LogP contribution in [0.15, 0.2) is 53.7 Å². The number of nitrogens with one attached hydrogen (secondary N) is 1. The molecule has 2 unspecified atom stereocenters. The maximum atomic E-state index is 14.8. The van der Waals surface area contributed by atoms with Crippen molar-refractivity contribution in [3.63, 3.8) is 0 Å². The highest BCUT2D eigenvalue weighted by Gasteiger charge is 2.35. The molecule has 1 aromatic heterocycles. The Balaban J connectivity index is 1.53. The minimum absolute atomic E-state index is 0.116. The third kappa shape index (κ3) is 7.37. The van der Waals surface area contributed by atoms with Gasteiger partial charge in [-0.1, -0.05) is 39.2 Å². The van der Waals surface area contributed by atoms with Crippen LogP contribution in [0.4, 0.5) is 0 Å². The number of amides is 2. The lowest BCUT2D eigenvalue weighted by molar-refractivity contribution is -0.140. The van der Waals surface area contributed by atoms with E-state index in [2.05, 4.69) is 21.4 Å². The molecule has 9 nitrogen and oxygen atoms in total. The fraction of sp³-hybridized carbons (Fsp3) is 0.475. The number of carbonyl (C=O) groups is 3. The van der Waals surface area contributed by atoms with Crippen LogP contribution in [0.5, 0.6) is 5.75 Å². The zero-order chi connectivity index (χ0) is 35.7. The topological polar surface area (TPSA) is 93.1 Å². The lowest BCUT2D eigenvalue weighted by Gasteiger charge is -2.35. The number of Topliss-reactive ketones (excluding diaryl/α,β-unsaturated/α-hetero) is 1. The van der Waals surface area contributed by atoms with Crippen LogP contribution in [0.3, 0.4) is 0 Å². The normalized spacial score (nSPS) is 19.8. The maximum absolute atomic E-state index is 14.8. The van der Waals surface area contributed by atoms with Gasteiger partial charge < -0.3 is 23.8 Å². The van der Waals surface area contributed by atoms with E-state index in [-0.39, 0.29) is 47.2 Å². The average molecular weight is 699 g/mol. The third-order valence-corrected chi connectivity index (χ3v) is 10.6. The van der Waals surface area contributed by atoms with Gasteiger partial charge in [0.1, 0.15) is 11.3 Å². The minimum atomic E-state index is -0.319. The Morgan fingerprint density at radius 2 is 1.74 bits per heavy atom. The molecule has 266 valence electrons. The standard InChI is InChI=1S/C40H50N4O5S/c1-24(2)50-41-39(46)28-13-15-33-35(19-28)44-22-30(38(45)34(23-42(5)6)40(47)43-20-25(3)49-26(4)21-43)17-29-18-31(48-7)14-16-32(29)37(44)36(33)27-11-9-8-10-12-27/h13-19,23-27H,8-12,20-22H2,1-7H3,(H,41,46)/b34-23+. The first-order valence-corrected chi connectivity index (χ1v) is 18.7. The number of allylic oxidation sites excluding steroid dienone is 1. The van der Waals surface area contributed by atoms with Crippen LogP contribution < -0.4 is 9.46 Å². The van der Waals surface area contributed by atoms with Crippen LogP contribution in [0.2, 0.25) is 0 Å². The van der Waals surface area contributed by atoms with E-state index in [4.69, 9.17) is 9.47 Å². The van der Waals surface area contributed by atoms with Gasteiger partial charge >= 0.3 is 0 Å². The van der Waals surface area contributed by atoms with Crippen molar-refractivity contribution in [2.75, 3.05) is 34.3 Å². The molecule has 1 aliphatic carbocycles. The number of methoxy groups -OCH3 is 1. The van der Waals surface area contributed by atoms with Crippen molar-refractivity contribution in [1.82, 2.24) is 19.1 Å². The summed E-state index contributed by atoms with van der Waals surface area (Å²) in [7, 11) is 5.29. The van der Waals surface area contributed by atoms with E-state index < -0.39 is 0 Å². The van der Waals surface area contributed by atoms with Gasteiger partial charge in [-0.3, -0.25) is 19.1 Å². The van der Waals surface area contributed by atoms with Crippen molar-refractivity contribution in [2.45, 2.75) is 89.7 Å². The predicted octanol–water partition coefficient (Wildman–Crippen LogP) is 7.20. The second kappa shape index (κ2) is 15.1. The fourth-order valence-corrected chi connectivity index (χ4v) is 8.17. The second-order valence-electron chi connectivity index (χ2n) is 14.4. The number of ketones is 1. The summed E-state index contributed by atoms with van der Waals surface area (Å²) in [6, 6.07) is 12.0. The average Bonchev–Trinajstić information content (AvgIpc) is 3.30. The molecule has 1 N–H and O–H groups in total. The summed E-state index contributed by atoms with van der Waals surface area (Å²) < 4.78 is 16.8. The molecule has 2 aliphatic heterocycles. The molecule has 0 bridgehead atoms. The van der Waals surface area contributed by atoms with E-state index in [1.165, 1.54) is 36.8 Å². The molecule has 1 saturated carbocycles. The van der Waals surface area contributed by atoms with Crippen LogP contribution in [0, 0.1) is 0 Å². The SMILES string of the molecule is COc1ccc2c(c1)C=C(C(=O)/C(=C\N(C)C)C(=O)N1CC(C)OC(C)C1)Cn1c-2c(C2CCCCC2)c2ccc(C(=O)NSC(C)C)cc21. The smallest absolute Gasteiger partial charge is 0.261 e. The largest absolute Gasteiger partial charge is 0.497 e. The molecule has 0 spiro atoms. The molecular formula is C40H50N4O5S. The number of carbonyl (C=O) groups excluding carboxylic acids is 3. The Bertz CT molecular complexity index is 1840. The Labute approximate surface area is 300 Å². The lowest BCUT2D eigenvalue weighted by Crippen LogP contribution is -2.49. The molecule has 3 heterocycles. The van der Waals surface area contributed by atoms with Crippen molar-refractivity contribution >= 4 is 46.5 Å². The highest BCUT2D eigenvalue weighted by molar-refractivity contribution is 7.98. The molecule has 2 aromatic carbocycles. The Morgan fingerprint density at radius 3 is 2.40 bits per heavy atom. The molecule has 3 aliphatic rings. The van der Waals surface area contributed by atoms with Crippen molar-refractivity contribution in [1.29, 1.82) is 0 Å². The summed E-state index contributed by atoms with van der Waals surface area (Å²) >= 11 is 1.39. The molecule has 50 heavy (non-hydrogen) atoms. The maximum Gasteiger partial charge on any atom is 0.261 e. The van der Waals surface area contributed by atoms with Gasteiger partial charge in [0, 0.05) is 66.2 Å². The van der Waals surface area contributed by atoms with Crippen LogP contribution in [0.25, 0.3) is 28.2 Å². The molecule has 2 atom stereocenters. The van der Waals surface area contributed by atoms with Crippen LogP contribution >= 0.6 is 11.9 Å². The number of fused-ring (bicyclic) bond motifs is 5. The summed E-state index contributed by atoms with van der Waals surface area (Å²) in [5.74, 6) is 0.265. The van der Waals surface area contributed by atoms with Crippen molar-refractivity contribution in [2.24, 2.45) is 0 Å². The molecule has 2 fully saturated rings. The van der Waals surface area contributed by atoms with E-state index >= 15 is 0 Å². The number of benzene rings is 2. The predicted molar refractivity (Wildman–Crippen MR) is 201 cm³/mol. The molecule has 3 aromatic rings. The number of aromatic nitrogens is 1. The molecule has 10 heteroatoms. The number of nitrogens with zero attached hydrogens (tertiary/aromatic N) is 3. The van der Waals surface area contributed by atoms with Crippen LogP contribution in [-0.4, -0.2) is 83.7 Å². The quantitative estimate of drug-likeness (QED) is 0.109. The van der Waals surface area contributed by atoms with Crippen LogP contribution in [0.1, 0.15) is 87.2 Å². The summed E-state index contributed by atoms with van der Waals surface area (Å²) in [5, 5.41) is 1.35. The zero-order valence-corrected chi connectivity index (χ0v) is 31.2. The summed E-state index contributed by atoms with van der Waals surface area (Å²) in [4.78, 5) is 45.9. The first kappa shape index (κ1) is 35.8. The molecule has 0 radical (unpaired) electrons. The van der Waals surface area contributed by atoms with Gasteiger partial charge in [-0.25, -0.2) is 0 Å². The van der Waals surface area contributed by atoms with Gasteiger partial charge in [-0.05, 0) is 92.1 Å². The van der Waals surface area contributed by atoms with Crippen molar-refractivity contribution in [3.05, 3.63) is 70.4 Å². The van der Waals surface area contributed by atoms with Gasteiger partial charge in [0.25, 0.3) is 11.8 Å². The summed E-state index contributed by atoms with van der Waals surface area (Å²) in [5.41, 5.74) is 6.29. The Hall–Kier alpha value is -4.02. The Kier molecular flexibility index (Phi) is 10.8. The summed E-state index contributed by atoms with van der Waals surface area (Å²) in [6.45, 7) is 9.05. The minimum Gasteiger partial charge on any atom is -0.497 e. The van der Waals surface area contributed by atoms with Gasteiger partial charge in [-0.2, -0.15) is 0 Å². The molecule has 1 saturated heterocycles. The summed E-state index contributed by atoms with van der Waals surface area (Å²) in [6.07, 6.45) is 9.05. The highest BCUT2D eigenvalue weighted by Crippen LogP contribution is 2.47. The number of morpholine rings is 1. The van der Waals surface area contributed by atoms with E-state index in [1.54, 1.807) is 23.1 Å². The molecule has 6 rings (SSSR count). The molecule has 2 amide bonds. The van der Waals surface area contributed by atoms with Gasteiger partial charge in [0.15, 0.2) is 5.78 Å². The van der Waals surface area contributed by atoms with E-state index in [0.29, 0.717) is 35.9 Å². The zero-order valence-electron chi connectivity index (χ0n) is 30.4. The van der Waals surface area contributed by atoms with Gasteiger partial charge in [-0.15, -0.1) is 0 Å². The lowest BCUT2D eigenvalue weighted by atomic mass is 9.81. The van der Waals surface area contributed by atoms with Crippen molar-refractivity contribution < 1.29 is 23.9 Å². The van der Waals surface area contributed by atoms with Gasteiger partial charge in [0.05, 0.1) is 31.6 Å². The fourth-order valence-electron chi connectivity index (χ4n) is 7.71. The first-order valence-electron chi connectivity index (χ1n) is 17.8. The second-order valence-corrected chi connectivity index (χ2v) is 15.8. The third-order valence-electron chi connectivity index (χ3n) is 9.80. The number of ether oxygens (including phenoxy) is 2. The number of rotatable bonds is 9. The van der Waals surface area contributed by atoms with E-state index in [9.17, 15) is 14.4 Å². The molecular weight excluding hydrogens is 649 g/mol. The van der Waals surface area contributed by atoms with Crippen LogP contribution in [-0.2, 0) is 20.9 Å². The van der Waals surface area contributed by atoms with Gasteiger partial charge in [0.2, 0.25) is 0 Å². The van der Waals surface area contributed by atoms with E-state index in [0.717, 1.165) is 40.6 Å². The number of hydrogen-bond acceptors (Lipinski definition) is 7. The highest BCUT2D eigenvalue weighted by atomic mass is 32.2. The van der Waals surface area contributed by atoms with E-state index in [1.807, 2.05) is 72.1 Å². The Morgan fingerprint density at radius 1 is 1.02 bits per heavy atom. The number of hydrogen-bond donors (Lipinski definition) is 1. The monoisotopic (exact) mass is 698 g/mol. The van der Waals surface area contributed by atoms with Crippen molar-refractivity contribution in [3.8, 4) is 17.0 Å².